The lowest BCUT2D eigenvalue weighted by molar-refractivity contribution is 0.453. The van der Waals surface area contributed by atoms with Crippen molar-refractivity contribution in [3.63, 3.8) is 0 Å². The minimum atomic E-state index is 0. The minimum Gasteiger partial charge on any atom is -0.317 e. The van der Waals surface area contributed by atoms with Gasteiger partial charge in [0, 0.05) is 29.6 Å². The second kappa shape index (κ2) is 6.64. The molecular weight excluding hydrogens is 258 g/mol. The van der Waals surface area contributed by atoms with Gasteiger partial charge in [0.25, 0.3) is 0 Å². The van der Waals surface area contributed by atoms with Gasteiger partial charge in [-0.3, -0.25) is 9.97 Å². The Bertz CT molecular complexity index is 510. The molecule has 0 saturated carbocycles. The zero-order chi connectivity index (χ0) is 12.2. The summed E-state index contributed by atoms with van der Waals surface area (Å²) in [5.74, 6) is 0.600. The highest BCUT2D eigenvalue weighted by Gasteiger charge is 2.16. The maximum atomic E-state index is 4.80. The van der Waals surface area contributed by atoms with Crippen molar-refractivity contribution < 1.29 is 0 Å². The second-order valence-corrected chi connectivity index (χ2v) is 4.71. The van der Waals surface area contributed by atoms with Crippen LogP contribution in [0.5, 0.6) is 0 Å². The van der Waals surface area contributed by atoms with Crippen LogP contribution in [0.25, 0.3) is 11.3 Å². The summed E-state index contributed by atoms with van der Waals surface area (Å²) in [6.07, 6.45) is 6.03. The smallest absolute Gasteiger partial charge is 0.0720 e. The lowest BCUT2D eigenvalue weighted by atomic mass is 9.94. The fraction of sp³-hybridized carbons (Fsp3) is 0.333. The van der Waals surface area contributed by atoms with Crippen LogP contribution in [-0.2, 0) is 0 Å². The summed E-state index contributed by atoms with van der Waals surface area (Å²) < 4.78 is 0. The first-order valence-corrected chi connectivity index (χ1v) is 6.51. The van der Waals surface area contributed by atoms with E-state index in [0.29, 0.717) is 5.92 Å². The van der Waals surface area contributed by atoms with Crippen LogP contribution in [0.2, 0.25) is 0 Å². The van der Waals surface area contributed by atoms with Crippen LogP contribution in [0.15, 0.2) is 42.7 Å². The van der Waals surface area contributed by atoms with E-state index in [2.05, 4.69) is 34.6 Å². The van der Waals surface area contributed by atoms with Crippen molar-refractivity contribution in [2.45, 2.75) is 18.8 Å². The number of rotatable bonds is 2. The SMILES string of the molecule is Cl.c1cncc(-c2cccc(C3CCNCC3)n2)c1. The van der Waals surface area contributed by atoms with Gasteiger partial charge in [-0.15, -0.1) is 12.4 Å². The predicted octanol–water partition coefficient (Wildman–Crippen LogP) is 3.03. The van der Waals surface area contributed by atoms with Crippen LogP contribution in [-0.4, -0.2) is 23.1 Å². The van der Waals surface area contributed by atoms with E-state index in [1.807, 2.05) is 12.3 Å². The molecule has 0 amide bonds. The van der Waals surface area contributed by atoms with Crippen LogP contribution >= 0.6 is 12.4 Å². The van der Waals surface area contributed by atoms with Gasteiger partial charge in [-0.25, -0.2) is 0 Å². The summed E-state index contributed by atoms with van der Waals surface area (Å²) in [7, 11) is 0. The molecule has 0 spiro atoms. The summed E-state index contributed by atoms with van der Waals surface area (Å²) >= 11 is 0. The Labute approximate surface area is 119 Å². The quantitative estimate of drug-likeness (QED) is 0.915. The van der Waals surface area contributed by atoms with E-state index in [9.17, 15) is 0 Å². The standard InChI is InChI=1S/C15H17N3.ClH/c1-4-14(12-6-9-16-10-7-12)18-15(5-1)13-3-2-8-17-11-13;/h1-5,8,11-12,16H,6-7,9-10H2;1H. The van der Waals surface area contributed by atoms with Crippen molar-refractivity contribution >= 4 is 12.4 Å². The van der Waals surface area contributed by atoms with E-state index in [4.69, 9.17) is 4.98 Å². The van der Waals surface area contributed by atoms with E-state index in [0.717, 1.165) is 24.3 Å². The zero-order valence-corrected chi connectivity index (χ0v) is 11.6. The number of nitrogens with one attached hydrogen (secondary N) is 1. The van der Waals surface area contributed by atoms with Crippen LogP contribution in [0, 0.1) is 0 Å². The Morgan fingerprint density at radius 2 is 1.89 bits per heavy atom. The van der Waals surface area contributed by atoms with Gasteiger partial charge >= 0.3 is 0 Å². The number of aromatic nitrogens is 2. The number of pyridine rings is 2. The van der Waals surface area contributed by atoms with Gasteiger partial charge in [0.15, 0.2) is 0 Å². The molecule has 0 atom stereocenters. The molecule has 3 rings (SSSR count). The first kappa shape index (κ1) is 14.0. The average Bonchev–Trinajstić information content (AvgIpc) is 2.49. The summed E-state index contributed by atoms with van der Waals surface area (Å²) in [5.41, 5.74) is 3.34. The van der Waals surface area contributed by atoms with Crippen LogP contribution in [0.4, 0.5) is 0 Å². The molecule has 1 saturated heterocycles. The fourth-order valence-electron chi connectivity index (χ4n) is 2.47. The molecule has 0 aliphatic carbocycles. The molecule has 19 heavy (non-hydrogen) atoms. The van der Waals surface area contributed by atoms with E-state index >= 15 is 0 Å². The number of hydrogen-bond donors (Lipinski definition) is 1. The van der Waals surface area contributed by atoms with Gasteiger partial charge in [0.2, 0.25) is 0 Å². The summed E-state index contributed by atoms with van der Waals surface area (Å²) in [4.78, 5) is 8.95. The van der Waals surface area contributed by atoms with Gasteiger partial charge in [0.1, 0.15) is 0 Å². The molecular formula is C15H18ClN3. The third-order valence-corrected chi connectivity index (χ3v) is 3.49. The molecule has 3 heterocycles. The molecule has 3 nitrogen and oxygen atoms in total. The van der Waals surface area contributed by atoms with Gasteiger partial charge in [0.05, 0.1) is 5.69 Å². The summed E-state index contributed by atoms with van der Waals surface area (Å²) in [6, 6.07) is 10.3. The highest BCUT2D eigenvalue weighted by molar-refractivity contribution is 5.85. The number of nitrogens with zero attached hydrogens (tertiary/aromatic N) is 2. The lowest BCUT2D eigenvalue weighted by Gasteiger charge is -2.22. The first-order valence-electron chi connectivity index (χ1n) is 6.51. The molecule has 100 valence electrons. The predicted molar refractivity (Wildman–Crippen MR) is 79.6 cm³/mol. The van der Waals surface area contributed by atoms with Gasteiger partial charge in [-0.05, 0) is 50.2 Å². The molecule has 1 fully saturated rings. The molecule has 1 aliphatic rings. The maximum Gasteiger partial charge on any atom is 0.0720 e. The van der Waals surface area contributed by atoms with Crippen molar-refractivity contribution in [3.8, 4) is 11.3 Å². The van der Waals surface area contributed by atoms with E-state index in [1.165, 1.54) is 18.5 Å². The molecule has 1 N–H and O–H groups in total. The number of halogens is 1. The Kier molecular flexibility index (Phi) is 4.88. The van der Waals surface area contributed by atoms with Crippen molar-refractivity contribution in [2.24, 2.45) is 0 Å². The van der Waals surface area contributed by atoms with Crippen molar-refractivity contribution in [1.29, 1.82) is 0 Å². The van der Waals surface area contributed by atoms with Crippen molar-refractivity contribution in [1.82, 2.24) is 15.3 Å². The van der Waals surface area contributed by atoms with Crippen LogP contribution in [0.3, 0.4) is 0 Å². The van der Waals surface area contributed by atoms with E-state index in [-0.39, 0.29) is 12.4 Å². The molecule has 2 aromatic rings. The minimum absolute atomic E-state index is 0. The molecule has 1 aliphatic heterocycles. The highest BCUT2D eigenvalue weighted by Crippen LogP contribution is 2.25. The molecule has 0 aromatic carbocycles. The third-order valence-electron chi connectivity index (χ3n) is 3.49. The van der Waals surface area contributed by atoms with Crippen LogP contribution in [0.1, 0.15) is 24.5 Å². The summed E-state index contributed by atoms with van der Waals surface area (Å²) in [6.45, 7) is 2.20. The van der Waals surface area contributed by atoms with Crippen LogP contribution < -0.4 is 5.32 Å². The Hall–Kier alpha value is -1.45. The van der Waals surface area contributed by atoms with E-state index in [1.54, 1.807) is 6.20 Å². The number of piperidine rings is 1. The summed E-state index contributed by atoms with van der Waals surface area (Å²) in [5, 5.41) is 3.39. The molecule has 0 unspecified atom stereocenters. The highest BCUT2D eigenvalue weighted by atomic mass is 35.5. The third kappa shape index (κ3) is 3.31. The number of hydrogen-bond acceptors (Lipinski definition) is 3. The Morgan fingerprint density at radius 3 is 2.63 bits per heavy atom. The topological polar surface area (TPSA) is 37.8 Å². The van der Waals surface area contributed by atoms with Crippen molar-refractivity contribution in [2.75, 3.05) is 13.1 Å². The second-order valence-electron chi connectivity index (χ2n) is 4.71. The molecule has 4 heteroatoms. The van der Waals surface area contributed by atoms with Gasteiger partial charge in [-0.2, -0.15) is 0 Å². The monoisotopic (exact) mass is 275 g/mol. The largest absolute Gasteiger partial charge is 0.317 e. The molecule has 0 bridgehead atoms. The maximum absolute atomic E-state index is 4.80. The molecule has 2 aromatic heterocycles. The average molecular weight is 276 g/mol. The lowest BCUT2D eigenvalue weighted by Crippen LogP contribution is -2.27. The molecule has 0 radical (unpaired) electrons. The van der Waals surface area contributed by atoms with Crippen molar-refractivity contribution in [3.05, 3.63) is 48.4 Å². The van der Waals surface area contributed by atoms with E-state index < -0.39 is 0 Å². The van der Waals surface area contributed by atoms with Gasteiger partial charge < -0.3 is 5.32 Å². The Balaban J connectivity index is 0.00000133. The normalized spacial score (nSPS) is 15.8. The first-order chi connectivity index (χ1) is 8.93. The van der Waals surface area contributed by atoms with Gasteiger partial charge in [-0.1, -0.05) is 6.07 Å². The fourth-order valence-corrected chi connectivity index (χ4v) is 2.47. The zero-order valence-electron chi connectivity index (χ0n) is 10.7. The Morgan fingerprint density at radius 1 is 1.05 bits per heavy atom.